The largest absolute Gasteiger partial charge is 0.463 e. The number of fused-ring (bicyclic) bond motifs is 1. The molecule has 0 saturated carbocycles. The number of para-hydroxylation sites is 1. The molecule has 3 heteroatoms. The lowest BCUT2D eigenvalue weighted by molar-refractivity contribution is 0.112. The number of rotatable bonds is 1. The van der Waals surface area contributed by atoms with Crippen molar-refractivity contribution < 1.29 is 9.21 Å². The van der Waals surface area contributed by atoms with Gasteiger partial charge in [-0.25, -0.2) is 0 Å². The molecule has 0 atom stereocenters. The Bertz CT molecular complexity index is 552. The van der Waals surface area contributed by atoms with Crippen LogP contribution in [-0.2, 0) is 0 Å². The summed E-state index contributed by atoms with van der Waals surface area (Å²) in [5.41, 5.74) is 1.22. The lowest BCUT2D eigenvalue weighted by atomic mass is 10.1. The van der Waals surface area contributed by atoms with Gasteiger partial charge in [-0.05, 0) is 18.6 Å². The summed E-state index contributed by atoms with van der Waals surface area (Å²) in [6.45, 7) is 1.85. The molecule has 0 radical (unpaired) electrons. The Labute approximate surface area is 80.0 Å². The van der Waals surface area contributed by atoms with Gasteiger partial charge in [-0.3, -0.25) is 9.59 Å². The standard InChI is InChI=1S/C11H8O3/c1-7-3-2-4-9-10(13)8(5-12)6-14-11(7)9/h2-6H,1H3. The second kappa shape index (κ2) is 3.10. The van der Waals surface area contributed by atoms with Crippen molar-refractivity contribution >= 4 is 17.3 Å². The number of carbonyl (C=O) groups excluding carboxylic acids is 1. The minimum atomic E-state index is -0.273. The van der Waals surface area contributed by atoms with Gasteiger partial charge in [0.05, 0.1) is 10.9 Å². The number of aldehydes is 1. The average molecular weight is 188 g/mol. The molecule has 70 valence electrons. The Kier molecular flexibility index (Phi) is 1.93. The molecule has 3 nitrogen and oxygen atoms in total. The molecule has 0 spiro atoms. The molecule has 0 unspecified atom stereocenters. The summed E-state index contributed by atoms with van der Waals surface area (Å²) in [4.78, 5) is 22.1. The fourth-order valence-electron chi connectivity index (χ4n) is 1.40. The molecule has 0 amide bonds. The van der Waals surface area contributed by atoms with Crippen LogP contribution in [0, 0.1) is 6.92 Å². The first-order chi connectivity index (χ1) is 6.74. The van der Waals surface area contributed by atoms with Gasteiger partial charge in [0.25, 0.3) is 0 Å². The van der Waals surface area contributed by atoms with Crippen molar-refractivity contribution in [1.29, 1.82) is 0 Å². The highest BCUT2D eigenvalue weighted by molar-refractivity contribution is 5.85. The topological polar surface area (TPSA) is 47.3 Å². The summed E-state index contributed by atoms with van der Waals surface area (Å²) in [7, 11) is 0. The highest BCUT2D eigenvalue weighted by Crippen LogP contribution is 2.14. The zero-order valence-electron chi connectivity index (χ0n) is 7.61. The number of carbonyl (C=O) groups is 1. The number of hydrogen-bond donors (Lipinski definition) is 0. The van der Waals surface area contributed by atoms with E-state index in [9.17, 15) is 9.59 Å². The van der Waals surface area contributed by atoms with Crippen LogP contribution in [0.15, 0.2) is 33.7 Å². The van der Waals surface area contributed by atoms with E-state index in [-0.39, 0.29) is 11.0 Å². The van der Waals surface area contributed by atoms with Gasteiger partial charge in [-0.2, -0.15) is 0 Å². The van der Waals surface area contributed by atoms with E-state index in [4.69, 9.17) is 4.42 Å². The molecule has 2 rings (SSSR count). The van der Waals surface area contributed by atoms with Crippen LogP contribution in [0.3, 0.4) is 0 Å². The van der Waals surface area contributed by atoms with Crippen molar-refractivity contribution in [3.8, 4) is 0 Å². The minimum absolute atomic E-state index is 0.0584. The van der Waals surface area contributed by atoms with Crippen molar-refractivity contribution in [1.82, 2.24) is 0 Å². The van der Waals surface area contributed by atoms with Crippen LogP contribution in [0.25, 0.3) is 11.0 Å². The number of aryl methyl sites for hydroxylation is 1. The maximum Gasteiger partial charge on any atom is 0.203 e. The molecule has 1 aromatic heterocycles. The molecule has 1 aromatic carbocycles. The van der Waals surface area contributed by atoms with Crippen LogP contribution in [0.4, 0.5) is 0 Å². The van der Waals surface area contributed by atoms with Crippen LogP contribution >= 0.6 is 0 Å². The number of benzene rings is 1. The van der Waals surface area contributed by atoms with Gasteiger partial charge in [-0.15, -0.1) is 0 Å². The first-order valence-corrected chi connectivity index (χ1v) is 4.20. The van der Waals surface area contributed by atoms with Gasteiger partial charge < -0.3 is 4.42 Å². The summed E-state index contributed by atoms with van der Waals surface area (Å²) >= 11 is 0. The molecule has 0 fully saturated rings. The summed E-state index contributed by atoms with van der Waals surface area (Å²) in [5.74, 6) is 0. The quantitative estimate of drug-likeness (QED) is 0.642. The summed E-state index contributed by atoms with van der Waals surface area (Å²) < 4.78 is 5.21. The predicted molar refractivity (Wildman–Crippen MR) is 52.6 cm³/mol. The Morgan fingerprint density at radius 2 is 2.14 bits per heavy atom. The van der Waals surface area contributed by atoms with E-state index >= 15 is 0 Å². The van der Waals surface area contributed by atoms with Gasteiger partial charge in [0, 0.05) is 0 Å². The molecule has 0 N–H and O–H groups in total. The first kappa shape index (κ1) is 8.69. The number of hydrogen-bond acceptors (Lipinski definition) is 3. The fraction of sp³-hybridized carbons (Fsp3) is 0.0909. The van der Waals surface area contributed by atoms with Crippen molar-refractivity contribution in [2.75, 3.05) is 0 Å². The first-order valence-electron chi connectivity index (χ1n) is 4.20. The SMILES string of the molecule is Cc1cccc2c(=O)c(C=O)coc12. The smallest absolute Gasteiger partial charge is 0.203 e. The van der Waals surface area contributed by atoms with Crippen LogP contribution in [-0.4, -0.2) is 6.29 Å². The van der Waals surface area contributed by atoms with Gasteiger partial charge in [0.15, 0.2) is 6.29 Å². The van der Waals surface area contributed by atoms with Crippen LogP contribution in [0.5, 0.6) is 0 Å². The Morgan fingerprint density at radius 1 is 1.36 bits per heavy atom. The van der Waals surface area contributed by atoms with E-state index in [0.717, 1.165) is 5.56 Å². The normalized spacial score (nSPS) is 10.4. The lowest BCUT2D eigenvalue weighted by Crippen LogP contribution is -2.07. The van der Waals surface area contributed by atoms with E-state index < -0.39 is 0 Å². The third-order valence-corrected chi connectivity index (χ3v) is 2.15. The molecule has 0 bridgehead atoms. The highest BCUT2D eigenvalue weighted by atomic mass is 16.3. The molecule has 1 heterocycles. The van der Waals surface area contributed by atoms with Gasteiger partial charge in [0.2, 0.25) is 5.43 Å². The Hall–Kier alpha value is -1.90. The second-order valence-electron chi connectivity index (χ2n) is 3.09. The predicted octanol–water partition coefficient (Wildman–Crippen LogP) is 1.91. The van der Waals surface area contributed by atoms with Gasteiger partial charge in [-0.1, -0.05) is 12.1 Å². The summed E-state index contributed by atoms with van der Waals surface area (Å²) in [6, 6.07) is 5.27. The van der Waals surface area contributed by atoms with E-state index in [0.29, 0.717) is 17.3 Å². The molecular weight excluding hydrogens is 180 g/mol. The zero-order valence-corrected chi connectivity index (χ0v) is 7.61. The maximum atomic E-state index is 11.6. The summed E-state index contributed by atoms with van der Waals surface area (Å²) in [6.07, 6.45) is 1.71. The second-order valence-corrected chi connectivity index (χ2v) is 3.09. The Morgan fingerprint density at radius 3 is 2.86 bits per heavy atom. The third kappa shape index (κ3) is 1.14. The van der Waals surface area contributed by atoms with E-state index in [2.05, 4.69) is 0 Å². The molecular formula is C11H8O3. The van der Waals surface area contributed by atoms with Crippen LogP contribution < -0.4 is 5.43 Å². The van der Waals surface area contributed by atoms with Gasteiger partial charge in [0.1, 0.15) is 11.8 Å². The van der Waals surface area contributed by atoms with Crippen LogP contribution in [0.1, 0.15) is 15.9 Å². The molecule has 14 heavy (non-hydrogen) atoms. The fourth-order valence-corrected chi connectivity index (χ4v) is 1.40. The van der Waals surface area contributed by atoms with E-state index in [1.807, 2.05) is 13.0 Å². The van der Waals surface area contributed by atoms with Crippen molar-refractivity contribution in [2.24, 2.45) is 0 Å². The maximum absolute atomic E-state index is 11.6. The Balaban J connectivity index is 2.98. The lowest BCUT2D eigenvalue weighted by Gasteiger charge is -1.99. The minimum Gasteiger partial charge on any atom is -0.463 e. The molecule has 2 aromatic rings. The zero-order chi connectivity index (χ0) is 10.1. The van der Waals surface area contributed by atoms with Crippen molar-refractivity contribution in [3.05, 3.63) is 45.8 Å². The average Bonchev–Trinajstić information content (AvgIpc) is 2.20. The van der Waals surface area contributed by atoms with E-state index in [1.165, 1.54) is 6.26 Å². The molecule has 0 saturated heterocycles. The molecule has 0 aliphatic carbocycles. The monoisotopic (exact) mass is 188 g/mol. The third-order valence-electron chi connectivity index (χ3n) is 2.15. The van der Waals surface area contributed by atoms with Gasteiger partial charge >= 0.3 is 0 Å². The molecule has 0 aliphatic heterocycles. The van der Waals surface area contributed by atoms with E-state index in [1.54, 1.807) is 12.1 Å². The van der Waals surface area contributed by atoms with Crippen molar-refractivity contribution in [2.45, 2.75) is 6.92 Å². The highest BCUT2D eigenvalue weighted by Gasteiger charge is 2.06. The summed E-state index contributed by atoms with van der Waals surface area (Å²) in [5, 5.41) is 0.453. The molecule has 0 aliphatic rings. The van der Waals surface area contributed by atoms with Crippen molar-refractivity contribution in [3.63, 3.8) is 0 Å². The van der Waals surface area contributed by atoms with Crippen LogP contribution in [0.2, 0.25) is 0 Å².